The summed E-state index contributed by atoms with van der Waals surface area (Å²) in [6.45, 7) is 1.94. The maximum absolute atomic E-state index is 11.1. The molecule has 0 aliphatic heterocycles. The van der Waals surface area contributed by atoms with Gasteiger partial charge in [0.05, 0.1) is 12.2 Å². The molecule has 0 aliphatic carbocycles. The van der Waals surface area contributed by atoms with Crippen LogP contribution in [0.15, 0.2) is 12.3 Å². The second-order valence-corrected chi connectivity index (χ2v) is 5.75. The molecule has 5 nitrogen and oxygen atoms in total. The molecular weight excluding hydrogens is 270 g/mol. The Kier molecular flexibility index (Phi) is 3.97. The van der Waals surface area contributed by atoms with E-state index in [1.807, 2.05) is 0 Å². The van der Waals surface area contributed by atoms with Gasteiger partial charge in [0.2, 0.25) is 10.0 Å². The minimum Gasteiger partial charge on any atom is -0.242 e. The maximum atomic E-state index is 11.1. The van der Waals surface area contributed by atoms with Crippen LogP contribution in [0.4, 0.5) is 0 Å². The molecule has 0 saturated carbocycles. The average molecular weight is 280 g/mol. The van der Waals surface area contributed by atoms with Crippen molar-refractivity contribution in [2.24, 2.45) is 0 Å². The highest BCUT2D eigenvalue weighted by molar-refractivity contribution is 9.10. The Morgan fingerprint density at radius 3 is 2.86 bits per heavy atom. The van der Waals surface area contributed by atoms with Crippen LogP contribution < -0.4 is 4.72 Å². The number of sulfonamides is 1. The zero-order valence-corrected chi connectivity index (χ0v) is 9.97. The smallest absolute Gasteiger partial charge is 0.221 e. The summed E-state index contributed by atoms with van der Waals surface area (Å²) in [7, 11) is -3.22. The van der Waals surface area contributed by atoms with E-state index in [1.165, 1.54) is 0 Å². The number of rotatable bonds is 4. The fourth-order valence-corrected chi connectivity index (χ4v) is 1.76. The number of nitrogens with one attached hydrogen (secondary N) is 1. The summed E-state index contributed by atoms with van der Waals surface area (Å²) in [6, 6.07) is 1.67. The van der Waals surface area contributed by atoms with Gasteiger partial charge in [-0.1, -0.05) is 15.9 Å². The lowest BCUT2D eigenvalue weighted by molar-refractivity contribution is 0.585. The summed E-state index contributed by atoms with van der Waals surface area (Å²) in [5.74, 6) is 0.626. The highest BCUT2D eigenvalue weighted by Gasteiger charge is 2.07. The van der Waals surface area contributed by atoms with Gasteiger partial charge in [-0.3, -0.25) is 0 Å². The van der Waals surface area contributed by atoms with E-state index in [0.29, 0.717) is 11.5 Å². The number of halogens is 1. The molecule has 0 unspecified atom stereocenters. The quantitative estimate of drug-likeness (QED) is 0.818. The Balaban J connectivity index is 2.63. The first-order chi connectivity index (χ1) is 6.53. The van der Waals surface area contributed by atoms with Gasteiger partial charge in [-0.2, -0.15) is 0 Å². The van der Waals surface area contributed by atoms with Crippen LogP contribution >= 0.6 is 15.9 Å². The maximum Gasteiger partial charge on any atom is 0.221 e. The molecule has 0 bridgehead atoms. The third-order valence-electron chi connectivity index (χ3n) is 1.45. The molecule has 0 amide bonds. The van der Waals surface area contributed by atoms with Gasteiger partial charge in [0.1, 0.15) is 10.5 Å². The lowest BCUT2D eigenvalue weighted by atomic mass is 10.4. The van der Waals surface area contributed by atoms with Crippen LogP contribution in [0.2, 0.25) is 0 Å². The largest absolute Gasteiger partial charge is 0.242 e. The second kappa shape index (κ2) is 4.81. The Morgan fingerprint density at radius 2 is 2.29 bits per heavy atom. The van der Waals surface area contributed by atoms with Gasteiger partial charge in [0, 0.05) is 6.20 Å². The molecule has 0 aromatic carbocycles. The lowest BCUT2D eigenvalue weighted by Crippen LogP contribution is -2.24. The minimum absolute atomic E-state index is 0.107. The predicted octanol–water partition coefficient (Wildman–Crippen LogP) is 0.557. The SMILES string of the molecule is Cc1nccc(CNS(=O)(=O)CBr)n1. The van der Waals surface area contributed by atoms with Gasteiger partial charge in [-0.25, -0.2) is 23.1 Å². The molecule has 1 heterocycles. The van der Waals surface area contributed by atoms with Gasteiger partial charge in [-0.15, -0.1) is 0 Å². The molecule has 0 aliphatic rings. The van der Waals surface area contributed by atoms with Crippen LogP contribution in [0.1, 0.15) is 11.5 Å². The van der Waals surface area contributed by atoms with Crippen molar-refractivity contribution in [2.45, 2.75) is 13.5 Å². The van der Waals surface area contributed by atoms with Crippen molar-refractivity contribution in [1.82, 2.24) is 14.7 Å². The molecule has 0 radical (unpaired) electrons. The Labute approximate surface area is 91.1 Å². The summed E-state index contributed by atoms with van der Waals surface area (Å²) in [5.41, 5.74) is 0.655. The molecule has 0 saturated heterocycles. The fourth-order valence-electron chi connectivity index (χ4n) is 0.826. The minimum atomic E-state index is -3.22. The van der Waals surface area contributed by atoms with Gasteiger partial charge >= 0.3 is 0 Å². The third-order valence-corrected chi connectivity index (χ3v) is 4.13. The van der Waals surface area contributed by atoms with Crippen LogP contribution in [0.5, 0.6) is 0 Å². The van der Waals surface area contributed by atoms with Gasteiger partial charge in [0.25, 0.3) is 0 Å². The normalized spacial score (nSPS) is 11.6. The Hall–Kier alpha value is -0.530. The first kappa shape index (κ1) is 11.5. The van der Waals surface area contributed by atoms with Crippen LogP contribution in [-0.2, 0) is 16.6 Å². The molecule has 78 valence electrons. The Bertz CT molecular complexity index is 407. The molecule has 1 aromatic heterocycles. The van der Waals surface area contributed by atoms with E-state index in [4.69, 9.17) is 0 Å². The van der Waals surface area contributed by atoms with Gasteiger partial charge in [0.15, 0.2) is 0 Å². The van der Waals surface area contributed by atoms with E-state index in [9.17, 15) is 8.42 Å². The first-order valence-electron chi connectivity index (χ1n) is 3.85. The summed E-state index contributed by atoms with van der Waals surface area (Å²) < 4.78 is 24.4. The molecule has 7 heteroatoms. The zero-order valence-electron chi connectivity index (χ0n) is 7.57. The van der Waals surface area contributed by atoms with E-state index in [0.717, 1.165) is 0 Å². The summed E-state index contributed by atoms with van der Waals surface area (Å²) in [6.07, 6.45) is 1.60. The number of nitrogens with zero attached hydrogens (tertiary/aromatic N) is 2. The molecule has 0 fully saturated rings. The molecule has 1 aromatic rings. The number of alkyl halides is 1. The van der Waals surface area contributed by atoms with Gasteiger partial charge < -0.3 is 0 Å². The van der Waals surface area contributed by atoms with Crippen LogP contribution in [0.3, 0.4) is 0 Å². The van der Waals surface area contributed by atoms with E-state index < -0.39 is 10.0 Å². The monoisotopic (exact) mass is 279 g/mol. The van der Waals surface area contributed by atoms with E-state index in [1.54, 1.807) is 19.2 Å². The van der Waals surface area contributed by atoms with Crippen molar-refractivity contribution in [3.05, 3.63) is 23.8 Å². The van der Waals surface area contributed by atoms with Crippen molar-refractivity contribution < 1.29 is 8.42 Å². The lowest BCUT2D eigenvalue weighted by Gasteiger charge is -2.03. The van der Waals surface area contributed by atoms with Crippen molar-refractivity contribution in [3.8, 4) is 0 Å². The molecular formula is C7H10BrN3O2S. The number of aromatic nitrogens is 2. The molecule has 0 atom stereocenters. The molecule has 14 heavy (non-hydrogen) atoms. The van der Waals surface area contributed by atoms with E-state index in [-0.39, 0.29) is 11.2 Å². The standard InChI is InChI=1S/C7H10BrN3O2S/c1-6-9-3-2-7(11-6)4-10-14(12,13)5-8/h2-3,10H,4-5H2,1H3. The fraction of sp³-hybridized carbons (Fsp3) is 0.429. The van der Waals surface area contributed by atoms with E-state index in [2.05, 4.69) is 30.6 Å². The van der Waals surface area contributed by atoms with Crippen LogP contribution in [0, 0.1) is 6.92 Å². The topological polar surface area (TPSA) is 72.0 Å². The number of hydrogen-bond acceptors (Lipinski definition) is 4. The van der Waals surface area contributed by atoms with Crippen molar-refractivity contribution >= 4 is 26.0 Å². The second-order valence-electron chi connectivity index (χ2n) is 2.64. The van der Waals surface area contributed by atoms with Crippen LogP contribution in [-0.4, -0.2) is 23.0 Å². The molecule has 0 spiro atoms. The Morgan fingerprint density at radius 1 is 1.57 bits per heavy atom. The third kappa shape index (κ3) is 3.69. The van der Waals surface area contributed by atoms with E-state index >= 15 is 0 Å². The summed E-state index contributed by atoms with van der Waals surface area (Å²) in [5, 5.41) is 0. The van der Waals surface area contributed by atoms with Crippen molar-refractivity contribution in [3.63, 3.8) is 0 Å². The number of aryl methyl sites for hydroxylation is 1. The molecule has 1 N–H and O–H groups in total. The summed E-state index contributed by atoms with van der Waals surface area (Å²) in [4.78, 5) is 7.96. The van der Waals surface area contributed by atoms with Crippen molar-refractivity contribution in [1.29, 1.82) is 0 Å². The summed E-state index contributed by atoms with van der Waals surface area (Å²) >= 11 is 2.88. The van der Waals surface area contributed by atoms with Gasteiger partial charge in [-0.05, 0) is 13.0 Å². The van der Waals surface area contributed by atoms with Crippen molar-refractivity contribution in [2.75, 3.05) is 4.66 Å². The highest BCUT2D eigenvalue weighted by Crippen LogP contribution is 1.97. The van der Waals surface area contributed by atoms with Crippen LogP contribution in [0.25, 0.3) is 0 Å². The number of hydrogen-bond donors (Lipinski definition) is 1. The zero-order chi connectivity index (χ0) is 10.6. The molecule has 1 rings (SSSR count). The highest BCUT2D eigenvalue weighted by atomic mass is 79.9. The average Bonchev–Trinajstić information content (AvgIpc) is 2.15. The predicted molar refractivity (Wildman–Crippen MR) is 56.3 cm³/mol. The first-order valence-corrected chi connectivity index (χ1v) is 6.63.